The number of hydrogen-bond acceptors (Lipinski definition) is 6. The molecule has 1 unspecified atom stereocenters. The molecule has 3 aromatic rings. The largest absolute Gasteiger partial charge is 0.497 e. The second kappa shape index (κ2) is 8.68. The number of benzene rings is 1. The standard InChI is InChI=1S/C20H23N7O2/c1-29-15-7-5-14(6-8-15)12-23-20(28)27-11-3-2-4-17(27)19-24-18(25-26-19)16-13-21-9-10-22-16/h5-10,13,17H,2-4,11-12H2,1H3,(H,23,28)(H,24,25,26). The van der Waals surface area contributed by atoms with Gasteiger partial charge in [-0.1, -0.05) is 12.1 Å². The smallest absolute Gasteiger partial charge is 0.318 e. The predicted octanol–water partition coefficient (Wildman–Crippen LogP) is 2.71. The van der Waals surface area contributed by atoms with Gasteiger partial charge in [-0.05, 0) is 37.0 Å². The van der Waals surface area contributed by atoms with Crippen molar-refractivity contribution in [3.63, 3.8) is 0 Å². The average molecular weight is 393 g/mol. The topological polar surface area (TPSA) is 109 Å². The van der Waals surface area contributed by atoms with Crippen LogP contribution in [0.3, 0.4) is 0 Å². The van der Waals surface area contributed by atoms with Crippen LogP contribution in [0.25, 0.3) is 11.5 Å². The SMILES string of the molecule is COc1ccc(CNC(=O)N2CCCCC2c2nc(-c3cnccn3)n[nH]2)cc1. The van der Waals surface area contributed by atoms with Crippen LogP contribution in [0.5, 0.6) is 5.75 Å². The van der Waals surface area contributed by atoms with Crippen molar-refractivity contribution in [1.29, 1.82) is 0 Å². The number of nitrogens with zero attached hydrogens (tertiary/aromatic N) is 5. The Balaban J connectivity index is 1.44. The summed E-state index contributed by atoms with van der Waals surface area (Å²) in [5, 5.41) is 10.2. The summed E-state index contributed by atoms with van der Waals surface area (Å²) in [7, 11) is 1.63. The van der Waals surface area contributed by atoms with E-state index in [0.717, 1.165) is 30.6 Å². The van der Waals surface area contributed by atoms with E-state index in [1.54, 1.807) is 25.7 Å². The molecule has 1 atom stereocenters. The van der Waals surface area contributed by atoms with Gasteiger partial charge < -0.3 is 15.0 Å². The van der Waals surface area contributed by atoms with E-state index in [4.69, 9.17) is 4.74 Å². The summed E-state index contributed by atoms with van der Waals surface area (Å²) in [4.78, 5) is 27.5. The molecular weight excluding hydrogens is 370 g/mol. The Morgan fingerprint density at radius 1 is 1.28 bits per heavy atom. The first-order valence-corrected chi connectivity index (χ1v) is 9.60. The number of ether oxygens (including phenoxy) is 1. The normalized spacial score (nSPS) is 16.4. The molecular formula is C20H23N7O2. The van der Waals surface area contributed by atoms with Gasteiger partial charge in [0, 0.05) is 25.5 Å². The molecule has 9 nitrogen and oxygen atoms in total. The van der Waals surface area contributed by atoms with Gasteiger partial charge in [0.2, 0.25) is 5.82 Å². The third-order valence-electron chi connectivity index (χ3n) is 4.98. The summed E-state index contributed by atoms with van der Waals surface area (Å²) in [6, 6.07) is 7.40. The van der Waals surface area contributed by atoms with E-state index in [0.29, 0.717) is 30.4 Å². The maximum atomic E-state index is 12.9. The number of nitrogens with one attached hydrogen (secondary N) is 2. The van der Waals surface area contributed by atoms with Gasteiger partial charge in [0.1, 0.15) is 17.3 Å². The monoisotopic (exact) mass is 393 g/mol. The fourth-order valence-corrected chi connectivity index (χ4v) is 3.43. The molecule has 2 amide bonds. The van der Waals surface area contributed by atoms with Crippen molar-refractivity contribution in [2.75, 3.05) is 13.7 Å². The number of aromatic amines is 1. The Morgan fingerprint density at radius 3 is 2.90 bits per heavy atom. The highest BCUT2D eigenvalue weighted by Gasteiger charge is 2.30. The number of carbonyl (C=O) groups is 1. The third-order valence-corrected chi connectivity index (χ3v) is 4.98. The Bertz CT molecular complexity index is 943. The molecule has 9 heteroatoms. The molecule has 0 spiro atoms. The van der Waals surface area contributed by atoms with Crippen molar-refractivity contribution >= 4 is 6.03 Å². The summed E-state index contributed by atoms with van der Waals surface area (Å²) in [5.41, 5.74) is 1.61. The first-order chi connectivity index (χ1) is 14.2. The van der Waals surface area contributed by atoms with Gasteiger partial charge in [-0.3, -0.25) is 10.1 Å². The van der Waals surface area contributed by atoms with Crippen molar-refractivity contribution in [2.24, 2.45) is 0 Å². The first-order valence-electron chi connectivity index (χ1n) is 9.60. The molecule has 1 aliphatic rings. The predicted molar refractivity (Wildman–Crippen MR) is 106 cm³/mol. The lowest BCUT2D eigenvalue weighted by molar-refractivity contribution is 0.147. The molecule has 2 aromatic heterocycles. The van der Waals surface area contributed by atoms with E-state index in [2.05, 4.69) is 30.5 Å². The van der Waals surface area contributed by atoms with Crippen LogP contribution in [0.2, 0.25) is 0 Å². The molecule has 0 saturated carbocycles. The molecule has 0 bridgehead atoms. The lowest BCUT2D eigenvalue weighted by Crippen LogP contribution is -2.44. The second-order valence-electron chi connectivity index (χ2n) is 6.85. The maximum absolute atomic E-state index is 12.9. The second-order valence-corrected chi connectivity index (χ2v) is 6.85. The summed E-state index contributed by atoms with van der Waals surface area (Å²) in [6.07, 6.45) is 7.67. The minimum atomic E-state index is -0.141. The zero-order valence-electron chi connectivity index (χ0n) is 16.2. The Labute approximate surface area is 168 Å². The quantitative estimate of drug-likeness (QED) is 0.690. The lowest BCUT2D eigenvalue weighted by Gasteiger charge is -2.34. The van der Waals surface area contributed by atoms with E-state index in [1.165, 1.54) is 0 Å². The van der Waals surface area contributed by atoms with Crippen molar-refractivity contribution in [2.45, 2.75) is 31.8 Å². The number of rotatable bonds is 5. The number of carbonyl (C=O) groups excluding carboxylic acids is 1. The highest BCUT2D eigenvalue weighted by molar-refractivity contribution is 5.74. The number of H-pyrrole nitrogens is 1. The highest BCUT2D eigenvalue weighted by Crippen LogP contribution is 2.29. The van der Waals surface area contributed by atoms with Crippen LogP contribution in [-0.4, -0.2) is 49.7 Å². The van der Waals surface area contributed by atoms with E-state index in [-0.39, 0.29) is 12.1 Å². The number of likely N-dealkylation sites (tertiary alicyclic amines) is 1. The molecule has 1 saturated heterocycles. The van der Waals surface area contributed by atoms with E-state index in [1.807, 2.05) is 29.2 Å². The molecule has 150 valence electrons. The van der Waals surface area contributed by atoms with E-state index in [9.17, 15) is 4.79 Å². The number of hydrogen-bond donors (Lipinski definition) is 2. The summed E-state index contributed by atoms with van der Waals surface area (Å²) in [5.74, 6) is 1.95. The van der Waals surface area contributed by atoms with Crippen LogP contribution in [0.15, 0.2) is 42.9 Å². The van der Waals surface area contributed by atoms with Crippen molar-refractivity contribution in [3.8, 4) is 17.3 Å². The van der Waals surface area contributed by atoms with Crippen molar-refractivity contribution in [3.05, 3.63) is 54.2 Å². The summed E-state index contributed by atoms with van der Waals surface area (Å²) >= 11 is 0. The Kier molecular flexibility index (Phi) is 5.64. The zero-order valence-corrected chi connectivity index (χ0v) is 16.2. The molecule has 0 radical (unpaired) electrons. The number of methoxy groups -OCH3 is 1. The van der Waals surface area contributed by atoms with Gasteiger partial charge >= 0.3 is 6.03 Å². The number of amides is 2. The Morgan fingerprint density at radius 2 is 2.14 bits per heavy atom. The van der Waals surface area contributed by atoms with Crippen LogP contribution < -0.4 is 10.1 Å². The van der Waals surface area contributed by atoms with Crippen LogP contribution in [0.1, 0.15) is 36.7 Å². The molecule has 0 aliphatic carbocycles. The molecule has 29 heavy (non-hydrogen) atoms. The number of urea groups is 1. The van der Waals surface area contributed by atoms with Gasteiger partial charge in [0.25, 0.3) is 0 Å². The zero-order chi connectivity index (χ0) is 20.1. The summed E-state index contributed by atoms with van der Waals surface area (Å²) in [6.45, 7) is 1.13. The molecule has 1 fully saturated rings. The van der Waals surface area contributed by atoms with Crippen molar-refractivity contribution < 1.29 is 9.53 Å². The van der Waals surface area contributed by atoms with Crippen LogP contribution >= 0.6 is 0 Å². The number of aromatic nitrogens is 5. The summed E-state index contributed by atoms with van der Waals surface area (Å²) < 4.78 is 5.17. The first kappa shape index (κ1) is 18.9. The fraction of sp³-hybridized carbons (Fsp3) is 0.350. The van der Waals surface area contributed by atoms with Gasteiger partial charge in [-0.15, -0.1) is 0 Å². The van der Waals surface area contributed by atoms with Gasteiger partial charge in [0.05, 0.1) is 19.3 Å². The molecule has 3 heterocycles. The molecule has 1 aromatic carbocycles. The minimum Gasteiger partial charge on any atom is -0.497 e. The van der Waals surface area contributed by atoms with Gasteiger partial charge in [0.15, 0.2) is 0 Å². The van der Waals surface area contributed by atoms with Gasteiger partial charge in [-0.25, -0.2) is 14.8 Å². The van der Waals surface area contributed by atoms with Crippen LogP contribution in [-0.2, 0) is 6.54 Å². The van der Waals surface area contributed by atoms with E-state index >= 15 is 0 Å². The third kappa shape index (κ3) is 4.34. The van der Waals surface area contributed by atoms with Crippen LogP contribution in [0.4, 0.5) is 4.79 Å². The minimum absolute atomic E-state index is 0.108. The van der Waals surface area contributed by atoms with E-state index < -0.39 is 0 Å². The van der Waals surface area contributed by atoms with Gasteiger partial charge in [-0.2, -0.15) is 5.10 Å². The lowest BCUT2D eigenvalue weighted by atomic mass is 10.0. The Hall–Kier alpha value is -3.49. The molecule has 2 N–H and O–H groups in total. The number of piperidine rings is 1. The maximum Gasteiger partial charge on any atom is 0.318 e. The highest BCUT2D eigenvalue weighted by atomic mass is 16.5. The van der Waals surface area contributed by atoms with Crippen LogP contribution in [0, 0.1) is 0 Å². The van der Waals surface area contributed by atoms with Crippen molar-refractivity contribution in [1.82, 2.24) is 35.4 Å². The fourth-order valence-electron chi connectivity index (χ4n) is 3.43. The molecule has 1 aliphatic heterocycles. The molecule has 4 rings (SSSR count). The average Bonchev–Trinajstić information content (AvgIpc) is 3.28.